The average molecular weight is 416 g/mol. The van der Waals surface area contributed by atoms with Crippen LogP contribution in [-0.2, 0) is 10.0 Å². The molecule has 20 heavy (non-hydrogen) atoms. The van der Waals surface area contributed by atoms with Crippen LogP contribution in [0.3, 0.4) is 0 Å². The summed E-state index contributed by atoms with van der Waals surface area (Å²) in [5, 5.41) is 9.04. The van der Waals surface area contributed by atoms with E-state index < -0.39 is 10.0 Å². The smallest absolute Gasteiger partial charge is 0.261 e. The van der Waals surface area contributed by atoms with E-state index in [2.05, 4.69) is 36.6 Å². The molecule has 1 N–H and O–H groups in total. The van der Waals surface area contributed by atoms with Crippen LogP contribution in [0.4, 0.5) is 5.69 Å². The normalized spacial score (nSPS) is 10.8. The lowest BCUT2D eigenvalue weighted by molar-refractivity contribution is 0.601. The second-order valence-corrected chi connectivity index (χ2v) is 7.38. The summed E-state index contributed by atoms with van der Waals surface area (Å²) in [6.07, 6.45) is 0. The van der Waals surface area contributed by atoms with Crippen molar-refractivity contribution in [3.05, 3.63) is 57.0 Å². The van der Waals surface area contributed by atoms with Gasteiger partial charge in [0.05, 0.1) is 16.1 Å². The minimum absolute atomic E-state index is 0.124. The third kappa shape index (κ3) is 3.39. The lowest BCUT2D eigenvalue weighted by Crippen LogP contribution is -2.13. The van der Waals surface area contributed by atoms with Gasteiger partial charge in [-0.25, -0.2) is 8.42 Å². The van der Waals surface area contributed by atoms with Crippen LogP contribution in [0.15, 0.2) is 56.3 Å². The Morgan fingerprint density at radius 3 is 2.40 bits per heavy atom. The summed E-state index contributed by atoms with van der Waals surface area (Å²) in [5.41, 5.74) is 0.494. The second-order valence-electron chi connectivity index (χ2n) is 3.86. The highest BCUT2D eigenvalue weighted by atomic mass is 79.9. The van der Waals surface area contributed by atoms with Crippen LogP contribution in [-0.4, -0.2) is 8.42 Å². The number of anilines is 1. The molecule has 0 unspecified atom stereocenters. The summed E-state index contributed by atoms with van der Waals surface area (Å²) in [6.45, 7) is 0. The first-order chi connectivity index (χ1) is 9.42. The molecule has 0 spiro atoms. The van der Waals surface area contributed by atoms with Crippen LogP contribution in [0.1, 0.15) is 5.56 Å². The van der Waals surface area contributed by atoms with Gasteiger partial charge in [-0.05, 0) is 36.4 Å². The van der Waals surface area contributed by atoms with Gasteiger partial charge in [0.2, 0.25) is 0 Å². The summed E-state index contributed by atoms with van der Waals surface area (Å²) in [7, 11) is -3.73. The van der Waals surface area contributed by atoms with Crippen LogP contribution in [0, 0.1) is 11.3 Å². The van der Waals surface area contributed by atoms with Gasteiger partial charge in [0.25, 0.3) is 10.0 Å². The molecule has 7 heteroatoms. The van der Waals surface area contributed by atoms with Crippen molar-refractivity contribution in [3.8, 4) is 6.07 Å². The highest BCUT2D eigenvalue weighted by Crippen LogP contribution is 2.24. The Morgan fingerprint density at radius 1 is 1.05 bits per heavy atom. The molecular weight excluding hydrogens is 408 g/mol. The predicted molar refractivity (Wildman–Crippen MR) is 83.8 cm³/mol. The molecular formula is C13H8Br2N2O2S. The highest BCUT2D eigenvalue weighted by Gasteiger charge is 2.16. The van der Waals surface area contributed by atoms with E-state index in [0.717, 1.165) is 0 Å². The van der Waals surface area contributed by atoms with Crippen molar-refractivity contribution in [2.45, 2.75) is 4.90 Å². The van der Waals surface area contributed by atoms with Gasteiger partial charge < -0.3 is 0 Å². The van der Waals surface area contributed by atoms with Crippen molar-refractivity contribution >= 4 is 47.6 Å². The summed E-state index contributed by atoms with van der Waals surface area (Å²) >= 11 is 6.46. The lowest BCUT2D eigenvalue weighted by Gasteiger charge is -2.10. The van der Waals surface area contributed by atoms with Gasteiger partial charge >= 0.3 is 0 Å². The molecule has 2 aromatic rings. The molecule has 0 atom stereocenters. The minimum atomic E-state index is -3.73. The zero-order chi connectivity index (χ0) is 14.8. The van der Waals surface area contributed by atoms with E-state index in [1.54, 1.807) is 24.3 Å². The molecule has 0 aliphatic carbocycles. The highest BCUT2D eigenvalue weighted by molar-refractivity contribution is 9.10. The second kappa shape index (κ2) is 5.95. The topological polar surface area (TPSA) is 70.0 Å². The number of hydrogen-bond acceptors (Lipinski definition) is 3. The molecule has 0 amide bonds. The number of nitriles is 1. The largest absolute Gasteiger partial charge is 0.278 e. The molecule has 0 bridgehead atoms. The van der Waals surface area contributed by atoms with Gasteiger partial charge in [0.15, 0.2) is 0 Å². The van der Waals surface area contributed by atoms with Gasteiger partial charge in [-0.1, -0.05) is 37.9 Å². The maximum atomic E-state index is 12.3. The monoisotopic (exact) mass is 414 g/mol. The molecule has 0 aromatic heterocycles. The first kappa shape index (κ1) is 15.0. The number of rotatable bonds is 3. The van der Waals surface area contributed by atoms with Crippen molar-refractivity contribution in [2.24, 2.45) is 0 Å². The van der Waals surface area contributed by atoms with Gasteiger partial charge in [-0.2, -0.15) is 5.26 Å². The molecule has 0 aliphatic heterocycles. The molecule has 0 heterocycles. The number of sulfonamides is 1. The SMILES string of the molecule is N#Cc1cc(Br)ccc1NS(=O)(=O)c1cccc(Br)c1. The Kier molecular flexibility index (Phi) is 4.48. The molecule has 0 saturated heterocycles. The van der Waals surface area contributed by atoms with Gasteiger partial charge in [0, 0.05) is 8.95 Å². The molecule has 2 rings (SSSR count). The summed E-state index contributed by atoms with van der Waals surface area (Å²) < 4.78 is 28.3. The van der Waals surface area contributed by atoms with E-state index in [0.29, 0.717) is 8.95 Å². The zero-order valence-corrected chi connectivity index (χ0v) is 14.0. The maximum absolute atomic E-state index is 12.3. The fraction of sp³-hybridized carbons (Fsp3) is 0. The van der Waals surface area contributed by atoms with E-state index in [4.69, 9.17) is 5.26 Å². The number of benzene rings is 2. The molecule has 0 aliphatic rings. The van der Waals surface area contributed by atoms with E-state index in [-0.39, 0.29) is 16.1 Å². The van der Waals surface area contributed by atoms with Crippen molar-refractivity contribution < 1.29 is 8.42 Å². The van der Waals surface area contributed by atoms with Gasteiger partial charge in [0.1, 0.15) is 6.07 Å². The van der Waals surface area contributed by atoms with E-state index in [1.807, 2.05) is 6.07 Å². The van der Waals surface area contributed by atoms with Crippen molar-refractivity contribution in [3.63, 3.8) is 0 Å². The third-order valence-electron chi connectivity index (χ3n) is 2.45. The number of nitrogens with zero attached hydrogens (tertiary/aromatic N) is 1. The lowest BCUT2D eigenvalue weighted by atomic mass is 10.2. The molecule has 2 aromatic carbocycles. The van der Waals surface area contributed by atoms with Crippen molar-refractivity contribution in [1.82, 2.24) is 0 Å². The van der Waals surface area contributed by atoms with Crippen molar-refractivity contribution in [1.29, 1.82) is 5.26 Å². The van der Waals surface area contributed by atoms with E-state index >= 15 is 0 Å². The Hall–Kier alpha value is -1.36. The summed E-state index contributed by atoms with van der Waals surface area (Å²) in [4.78, 5) is 0.124. The van der Waals surface area contributed by atoms with Gasteiger partial charge in [-0.15, -0.1) is 0 Å². The molecule has 4 nitrogen and oxygen atoms in total. The Balaban J connectivity index is 2.42. The quantitative estimate of drug-likeness (QED) is 0.826. The number of halogens is 2. The molecule has 0 saturated carbocycles. The van der Waals surface area contributed by atoms with E-state index in [1.165, 1.54) is 18.2 Å². The standard InChI is InChI=1S/C13H8Br2N2O2S/c14-10-2-1-3-12(7-10)20(18,19)17-13-5-4-11(15)6-9(13)8-16/h1-7,17H. The molecule has 102 valence electrons. The Morgan fingerprint density at radius 2 is 1.75 bits per heavy atom. The fourth-order valence-corrected chi connectivity index (χ4v) is 3.57. The van der Waals surface area contributed by atoms with Crippen LogP contribution in [0.5, 0.6) is 0 Å². The van der Waals surface area contributed by atoms with Crippen LogP contribution in [0.2, 0.25) is 0 Å². The maximum Gasteiger partial charge on any atom is 0.261 e. The minimum Gasteiger partial charge on any atom is -0.278 e. The third-order valence-corrected chi connectivity index (χ3v) is 4.80. The first-order valence-corrected chi connectivity index (χ1v) is 8.47. The number of nitrogens with one attached hydrogen (secondary N) is 1. The predicted octanol–water partition coefficient (Wildman–Crippen LogP) is 3.88. The Labute approximate surface area is 133 Å². The van der Waals surface area contributed by atoms with Crippen LogP contribution in [0.25, 0.3) is 0 Å². The van der Waals surface area contributed by atoms with Crippen molar-refractivity contribution in [2.75, 3.05) is 4.72 Å². The van der Waals surface area contributed by atoms with Crippen LogP contribution >= 0.6 is 31.9 Å². The average Bonchev–Trinajstić information content (AvgIpc) is 2.40. The fourth-order valence-electron chi connectivity index (χ4n) is 1.54. The first-order valence-electron chi connectivity index (χ1n) is 5.40. The zero-order valence-electron chi connectivity index (χ0n) is 9.97. The van der Waals surface area contributed by atoms with Crippen LogP contribution < -0.4 is 4.72 Å². The molecule has 0 radical (unpaired) electrons. The molecule has 0 fully saturated rings. The summed E-state index contributed by atoms with van der Waals surface area (Å²) in [5.74, 6) is 0. The van der Waals surface area contributed by atoms with E-state index in [9.17, 15) is 8.42 Å². The number of hydrogen-bond donors (Lipinski definition) is 1. The van der Waals surface area contributed by atoms with Gasteiger partial charge in [-0.3, -0.25) is 4.72 Å². The summed E-state index contributed by atoms with van der Waals surface area (Å²) in [6, 6.07) is 13.1. The Bertz CT molecular complexity index is 798.